The summed E-state index contributed by atoms with van der Waals surface area (Å²) in [6.07, 6.45) is 0. The second-order valence-corrected chi connectivity index (χ2v) is 12.1. The summed E-state index contributed by atoms with van der Waals surface area (Å²) < 4.78 is 31.4. The van der Waals surface area contributed by atoms with Gasteiger partial charge in [-0.3, -0.25) is 4.57 Å². The molecule has 0 bridgehead atoms. The Labute approximate surface area is 260 Å². The minimum atomic E-state index is 0.374. The molecule has 0 saturated carbocycles. The highest BCUT2D eigenvalue weighted by Crippen LogP contribution is 2.49. The first kappa shape index (κ1) is 21.2. The molecule has 7 aromatic carbocycles. The Kier molecular flexibility index (Phi) is 4.31. The van der Waals surface area contributed by atoms with Crippen molar-refractivity contribution in [1.82, 2.24) is 14.5 Å². The van der Waals surface area contributed by atoms with E-state index in [0.717, 1.165) is 85.7 Å². The lowest BCUT2D eigenvalue weighted by Crippen LogP contribution is -2.03. The van der Waals surface area contributed by atoms with Gasteiger partial charge >= 0.3 is 0 Å². The van der Waals surface area contributed by atoms with E-state index in [0.29, 0.717) is 24.1 Å². The van der Waals surface area contributed by atoms with E-state index in [2.05, 4.69) is 47.0 Å². The van der Waals surface area contributed by atoms with E-state index in [9.17, 15) is 2.74 Å². The molecular formula is C40H23N3S. The number of hydrogen-bond acceptors (Lipinski definition) is 3. The minimum absolute atomic E-state index is 0.374. The Morgan fingerprint density at radius 2 is 1.27 bits per heavy atom. The number of nitrogens with zero attached hydrogens (tertiary/aromatic N) is 3. The number of hydrogen-bond donors (Lipinski definition) is 0. The first-order valence-corrected chi connectivity index (χ1v) is 15.4. The Morgan fingerprint density at radius 1 is 0.545 bits per heavy atom. The summed E-state index contributed by atoms with van der Waals surface area (Å²) in [5.74, 6) is 0.484. The zero-order valence-corrected chi connectivity index (χ0v) is 24.1. The average Bonchev–Trinajstić information content (AvgIpc) is 3.67. The van der Waals surface area contributed by atoms with Gasteiger partial charge in [-0.2, -0.15) is 0 Å². The number of para-hydroxylation sites is 1. The van der Waals surface area contributed by atoms with Crippen molar-refractivity contribution in [3.05, 3.63) is 139 Å². The molecule has 3 nitrogen and oxygen atoms in total. The quantitative estimate of drug-likeness (QED) is 0.204. The van der Waals surface area contributed by atoms with Crippen molar-refractivity contribution in [2.75, 3.05) is 0 Å². The van der Waals surface area contributed by atoms with Gasteiger partial charge in [0.25, 0.3) is 0 Å². The molecule has 0 fully saturated rings. The van der Waals surface area contributed by atoms with Crippen LogP contribution >= 0.6 is 11.3 Å². The molecule has 3 aromatic heterocycles. The van der Waals surface area contributed by atoms with Gasteiger partial charge in [-0.15, -0.1) is 11.3 Å². The summed E-state index contributed by atoms with van der Waals surface area (Å²) in [6, 6.07) is 41.3. The van der Waals surface area contributed by atoms with Crippen LogP contribution in [0, 0.1) is 0 Å². The van der Waals surface area contributed by atoms with Gasteiger partial charge in [0.15, 0.2) is 0 Å². The van der Waals surface area contributed by atoms with Crippen molar-refractivity contribution in [1.29, 1.82) is 0 Å². The Bertz CT molecular complexity index is 2950. The molecule has 0 radical (unpaired) electrons. The predicted molar refractivity (Wildman–Crippen MR) is 187 cm³/mol. The molecule has 0 amide bonds. The largest absolute Gasteiger partial charge is 0.276 e. The summed E-state index contributed by atoms with van der Waals surface area (Å²) in [5.41, 5.74) is 4.24. The Hall–Kier alpha value is -5.58. The van der Waals surface area contributed by atoms with Crippen molar-refractivity contribution in [2.45, 2.75) is 0 Å². The van der Waals surface area contributed by atoms with Crippen LogP contribution in [0.5, 0.6) is 0 Å². The van der Waals surface area contributed by atoms with Gasteiger partial charge in [-0.1, -0.05) is 121 Å². The SMILES string of the molecule is [2H]c1cccc2c1sc1c2c2c([2H])cccc2c2c3c4ccccc4cc([2H])c3n(-c3nc(-c4ccccc4)c4ccccc4n3)c12. The third kappa shape index (κ3) is 3.20. The van der Waals surface area contributed by atoms with E-state index >= 15 is 0 Å². The molecule has 0 saturated heterocycles. The standard InChI is InChI=1S/C40H23N3S/c1-2-13-25(14-3-1)37-29-18-8-10-20-31(29)41-40(42-37)43-32-23-22-24-12-4-5-15-26(24)35(32)36-28-17-7-6-16-27(28)34-30-19-9-11-21-33(30)44-39(34)38(36)43/h1-23H/i16D,21D,23D. The summed E-state index contributed by atoms with van der Waals surface area (Å²) in [5, 5.41) is 8.60. The fraction of sp³-hybridized carbons (Fsp3) is 0. The first-order valence-electron chi connectivity index (χ1n) is 16.1. The second kappa shape index (κ2) is 8.96. The fourth-order valence-corrected chi connectivity index (χ4v) is 8.09. The maximum atomic E-state index is 9.51. The maximum Gasteiger partial charge on any atom is 0.235 e. The lowest BCUT2D eigenvalue weighted by atomic mass is 9.97. The van der Waals surface area contributed by atoms with Crippen LogP contribution in [0.1, 0.15) is 4.11 Å². The molecule has 0 aliphatic carbocycles. The average molecular weight is 581 g/mol. The molecule has 0 aliphatic rings. The lowest BCUT2D eigenvalue weighted by Gasteiger charge is -2.12. The summed E-state index contributed by atoms with van der Waals surface area (Å²) in [7, 11) is 0. The van der Waals surface area contributed by atoms with Crippen LogP contribution in [0.25, 0.3) is 91.6 Å². The van der Waals surface area contributed by atoms with E-state index in [-0.39, 0.29) is 0 Å². The zero-order chi connectivity index (χ0) is 31.4. The van der Waals surface area contributed by atoms with E-state index in [1.807, 2.05) is 78.9 Å². The first-order chi connectivity index (χ1) is 23.1. The third-order valence-corrected chi connectivity index (χ3v) is 9.86. The molecular weight excluding hydrogens is 555 g/mol. The molecule has 0 atom stereocenters. The van der Waals surface area contributed by atoms with Crippen molar-refractivity contribution >= 4 is 85.8 Å². The van der Waals surface area contributed by atoms with Crippen LogP contribution in [0.4, 0.5) is 0 Å². The van der Waals surface area contributed by atoms with Crippen LogP contribution in [0.15, 0.2) is 139 Å². The molecule has 3 heterocycles. The summed E-state index contributed by atoms with van der Waals surface area (Å²) >= 11 is 1.57. The van der Waals surface area contributed by atoms with Crippen LogP contribution in [-0.2, 0) is 0 Å². The topological polar surface area (TPSA) is 30.7 Å². The number of rotatable bonds is 2. The monoisotopic (exact) mass is 580 g/mol. The normalized spacial score (nSPS) is 13.0. The summed E-state index contributed by atoms with van der Waals surface area (Å²) in [4.78, 5) is 10.5. The molecule has 0 N–H and O–H groups in total. The molecule has 4 heteroatoms. The third-order valence-electron chi connectivity index (χ3n) is 8.71. The van der Waals surface area contributed by atoms with Crippen LogP contribution in [0.2, 0.25) is 0 Å². The van der Waals surface area contributed by atoms with Gasteiger partial charge in [0.05, 0.1) is 31.1 Å². The molecule has 0 spiro atoms. The van der Waals surface area contributed by atoms with Crippen molar-refractivity contribution in [2.24, 2.45) is 0 Å². The van der Waals surface area contributed by atoms with Crippen molar-refractivity contribution in [3.63, 3.8) is 0 Å². The predicted octanol–water partition coefficient (Wildman–Crippen LogP) is 11.1. The highest BCUT2D eigenvalue weighted by Gasteiger charge is 2.24. The Morgan fingerprint density at radius 3 is 2.18 bits per heavy atom. The maximum absolute atomic E-state index is 9.51. The van der Waals surface area contributed by atoms with E-state index < -0.39 is 0 Å². The lowest BCUT2D eigenvalue weighted by molar-refractivity contribution is 1.02. The summed E-state index contributed by atoms with van der Waals surface area (Å²) in [6.45, 7) is 0. The molecule has 0 aliphatic heterocycles. The van der Waals surface area contributed by atoms with Gasteiger partial charge in [0, 0.05) is 37.2 Å². The van der Waals surface area contributed by atoms with Gasteiger partial charge in [-0.05, 0) is 39.7 Å². The smallest absolute Gasteiger partial charge is 0.235 e. The van der Waals surface area contributed by atoms with Crippen molar-refractivity contribution < 1.29 is 4.11 Å². The van der Waals surface area contributed by atoms with Crippen molar-refractivity contribution in [3.8, 4) is 17.2 Å². The van der Waals surface area contributed by atoms with Gasteiger partial charge in [0.1, 0.15) is 0 Å². The zero-order valence-electron chi connectivity index (χ0n) is 26.3. The second-order valence-electron chi connectivity index (χ2n) is 11.1. The van der Waals surface area contributed by atoms with E-state index in [1.54, 1.807) is 11.3 Å². The molecule has 10 aromatic rings. The number of thiophene rings is 1. The molecule has 0 unspecified atom stereocenters. The Balaban J connectivity index is 1.53. The van der Waals surface area contributed by atoms with Gasteiger partial charge in [-0.25, -0.2) is 9.97 Å². The van der Waals surface area contributed by atoms with E-state index in [4.69, 9.17) is 11.3 Å². The molecule has 44 heavy (non-hydrogen) atoms. The van der Waals surface area contributed by atoms with Crippen LogP contribution in [-0.4, -0.2) is 14.5 Å². The highest BCUT2D eigenvalue weighted by molar-refractivity contribution is 7.27. The minimum Gasteiger partial charge on any atom is -0.276 e. The molecule has 204 valence electrons. The highest BCUT2D eigenvalue weighted by atomic mass is 32.1. The molecule has 10 rings (SSSR count). The van der Waals surface area contributed by atoms with E-state index in [1.165, 1.54) is 0 Å². The number of benzene rings is 7. The van der Waals surface area contributed by atoms with Gasteiger partial charge < -0.3 is 0 Å². The van der Waals surface area contributed by atoms with Gasteiger partial charge in [0.2, 0.25) is 5.95 Å². The van der Waals surface area contributed by atoms with Crippen LogP contribution in [0.3, 0.4) is 0 Å². The van der Waals surface area contributed by atoms with Crippen LogP contribution < -0.4 is 0 Å². The number of aromatic nitrogens is 3. The number of fused-ring (bicyclic) bond motifs is 13. The fourth-order valence-electron chi connectivity index (χ4n) is 6.87.